The first-order valence-corrected chi connectivity index (χ1v) is 13.5. The average Bonchev–Trinajstić information content (AvgIpc) is 3.53. The molecule has 4 heterocycles. The van der Waals surface area contributed by atoms with Gasteiger partial charge in [-0.3, -0.25) is 0 Å². The summed E-state index contributed by atoms with van der Waals surface area (Å²) in [5.74, 6) is 3.59. The monoisotopic (exact) mass is 510 g/mol. The van der Waals surface area contributed by atoms with Crippen molar-refractivity contribution in [1.29, 1.82) is 0 Å². The fourth-order valence-electron chi connectivity index (χ4n) is 5.33. The predicted octanol–water partition coefficient (Wildman–Crippen LogP) is 5.38. The predicted molar refractivity (Wildman–Crippen MR) is 146 cm³/mol. The summed E-state index contributed by atoms with van der Waals surface area (Å²) < 4.78 is 31.2. The minimum Gasteiger partial charge on any atom is -0.493 e. The van der Waals surface area contributed by atoms with Crippen LogP contribution in [0.15, 0.2) is 34.7 Å². The van der Waals surface area contributed by atoms with E-state index >= 15 is 0 Å². The topological polar surface area (TPSA) is 63.0 Å². The van der Waals surface area contributed by atoms with Gasteiger partial charge in [0.2, 0.25) is 0 Å². The van der Waals surface area contributed by atoms with Gasteiger partial charge in [0, 0.05) is 43.3 Å². The zero-order valence-corrected chi connectivity index (χ0v) is 22.3. The number of methoxy groups -OCH3 is 1. The summed E-state index contributed by atoms with van der Waals surface area (Å²) in [5.41, 5.74) is 2.64. The molecule has 2 aliphatic rings. The Morgan fingerprint density at radius 2 is 1.95 bits per heavy atom. The molecule has 2 aromatic heterocycles. The maximum absolute atomic E-state index is 13.5. The van der Waals surface area contributed by atoms with Gasteiger partial charge >= 0.3 is 0 Å². The molecular formula is C29H39FN4O3. The number of nitrogens with one attached hydrogen (secondary N) is 1. The summed E-state index contributed by atoms with van der Waals surface area (Å²) >= 11 is 0. The highest BCUT2D eigenvalue weighted by Crippen LogP contribution is 2.37. The second-order valence-corrected chi connectivity index (χ2v) is 10.5. The number of halogens is 1. The van der Waals surface area contributed by atoms with Crippen LogP contribution < -0.4 is 14.8 Å². The Morgan fingerprint density at radius 3 is 2.65 bits per heavy atom. The molecule has 2 fully saturated rings. The molecule has 1 N–H and O–H groups in total. The molecule has 0 amide bonds. The van der Waals surface area contributed by atoms with Crippen LogP contribution in [0.5, 0.6) is 11.5 Å². The molecule has 200 valence electrons. The second kappa shape index (κ2) is 11.7. The van der Waals surface area contributed by atoms with Gasteiger partial charge in [-0.1, -0.05) is 0 Å². The molecule has 1 atom stereocenters. The van der Waals surface area contributed by atoms with Crippen molar-refractivity contribution in [2.24, 2.45) is 5.92 Å². The van der Waals surface area contributed by atoms with Gasteiger partial charge in [-0.2, -0.15) is 0 Å². The van der Waals surface area contributed by atoms with Crippen molar-refractivity contribution in [3.05, 3.63) is 36.1 Å². The third kappa shape index (κ3) is 6.36. The number of benzene rings is 1. The van der Waals surface area contributed by atoms with Crippen molar-refractivity contribution in [2.45, 2.75) is 38.8 Å². The lowest BCUT2D eigenvalue weighted by atomic mass is 9.97. The number of rotatable bonds is 10. The van der Waals surface area contributed by atoms with Gasteiger partial charge in [0.25, 0.3) is 0 Å². The molecule has 0 spiro atoms. The number of pyridine rings is 1. The van der Waals surface area contributed by atoms with E-state index in [4.69, 9.17) is 18.9 Å². The number of piperidine rings is 1. The van der Waals surface area contributed by atoms with Gasteiger partial charge in [-0.05, 0) is 82.9 Å². The summed E-state index contributed by atoms with van der Waals surface area (Å²) in [6.07, 6.45) is 3.16. The summed E-state index contributed by atoms with van der Waals surface area (Å²) in [5, 5.41) is 4.71. The minimum atomic E-state index is -0.693. The van der Waals surface area contributed by atoms with Crippen LogP contribution in [0, 0.1) is 12.8 Å². The van der Waals surface area contributed by atoms with Gasteiger partial charge in [0.15, 0.2) is 17.3 Å². The van der Waals surface area contributed by atoms with E-state index in [2.05, 4.69) is 28.2 Å². The molecule has 1 unspecified atom stereocenters. The summed E-state index contributed by atoms with van der Waals surface area (Å²) in [6, 6.07) is 9.97. The highest BCUT2D eigenvalue weighted by molar-refractivity contribution is 5.95. The number of hydrogen-bond acceptors (Lipinski definition) is 7. The van der Waals surface area contributed by atoms with Crippen LogP contribution in [0.25, 0.3) is 22.4 Å². The van der Waals surface area contributed by atoms with Crippen molar-refractivity contribution >= 4 is 16.6 Å². The van der Waals surface area contributed by atoms with Crippen LogP contribution in [-0.2, 0) is 0 Å². The lowest BCUT2D eigenvalue weighted by Crippen LogP contribution is -2.32. The standard InChI is InChI=1S/C29H39FN4O3/c1-20-5-6-27(37-20)26-16-24(31-18-21-7-11-33(2)12-8-21)23-15-28(35-3)29(17-25(23)32-26)36-14-4-10-34-13-9-22(30)19-34/h5-6,15-17,21-22H,4,7-14,18-19H2,1-3H3,(H,31,32). The Morgan fingerprint density at radius 1 is 1.11 bits per heavy atom. The van der Waals surface area contributed by atoms with E-state index in [1.807, 2.05) is 31.2 Å². The molecule has 0 aliphatic carbocycles. The molecule has 0 radical (unpaired) electrons. The third-order valence-corrected chi connectivity index (χ3v) is 7.60. The second-order valence-electron chi connectivity index (χ2n) is 10.5. The number of fused-ring (bicyclic) bond motifs is 1. The molecule has 0 saturated carbocycles. The van der Waals surface area contributed by atoms with Crippen LogP contribution in [0.1, 0.15) is 31.4 Å². The number of hydrogen-bond donors (Lipinski definition) is 1. The van der Waals surface area contributed by atoms with Crippen LogP contribution >= 0.6 is 0 Å². The number of alkyl halides is 1. The van der Waals surface area contributed by atoms with Crippen molar-refractivity contribution in [2.75, 3.05) is 65.3 Å². The van der Waals surface area contributed by atoms with Crippen molar-refractivity contribution < 1.29 is 18.3 Å². The van der Waals surface area contributed by atoms with E-state index in [9.17, 15) is 4.39 Å². The Balaban J connectivity index is 1.37. The highest BCUT2D eigenvalue weighted by atomic mass is 19.1. The number of anilines is 1. The van der Waals surface area contributed by atoms with E-state index < -0.39 is 6.17 Å². The largest absolute Gasteiger partial charge is 0.493 e. The molecule has 8 heteroatoms. The van der Waals surface area contributed by atoms with E-state index in [1.165, 1.54) is 12.8 Å². The fourth-order valence-corrected chi connectivity index (χ4v) is 5.33. The lowest BCUT2D eigenvalue weighted by Gasteiger charge is -2.29. The Kier molecular flexibility index (Phi) is 8.15. The summed E-state index contributed by atoms with van der Waals surface area (Å²) in [7, 11) is 3.86. The van der Waals surface area contributed by atoms with E-state index in [0.29, 0.717) is 37.0 Å². The molecule has 2 aliphatic heterocycles. The molecule has 5 rings (SSSR count). The Bertz CT molecular complexity index is 1190. The van der Waals surface area contributed by atoms with Crippen LogP contribution in [0.4, 0.5) is 10.1 Å². The zero-order valence-electron chi connectivity index (χ0n) is 22.3. The van der Waals surface area contributed by atoms with Crippen molar-refractivity contribution in [3.8, 4) is 23.0 Å². The van der Waals surface area contributed by atoms with E-state index in [0.717, 1.165) is 72.9 Å². The maximum Gasteiger partial charge on any atom is 0.163 e. The van der Waals surface area contributed by atoms with Crippen molar-refractivity contribution in [1.82, 2.24) is 14.8 Å². The van der Waals surface area contributed by atoms with Gasteiger partial charge in [0.05, 0.1) is 19.2 Å². The summed E-state index contributed by atoms with van der Waals surface area (Å²) in [4.78, 5) is 9.49. The van der Waals surface area contributed by atoms with E-state index in [-0.39, 0.29) is 0 Å². The molecule has 0 bridgehead atoms. The smallest absolute Gasteiger partial charge is 0.163 e. The Hall–Kier alpha value is -2.84. The number of furan rings is 1. The SMILES string of the molecule is COc1cc2c(NCC3CCN(C)CC3)cc(-c3ccc(C)o3)nc2cc1OCCCN1CCC(F)C1. The third-order valence-electron chi connectivity index (χ3n) is 7.60. The van der Waals surface area contributed by atoms with Gasteiger partial charge < -0.3 is 29.0 Å². The molecule has 3 aromatic rings. The fraction of sp³-hybridized carbons (Fsp3) is 0.552. The molecule has 7 nitrogen and oxygen atoms in total. The molecular weight excluding hydrogens is 471 g/mol. The summed E-state index contributed by atoms with van der Waals surface area (Å²) in [6.45, 7) is 7.87. The first kappa shape index (κ1) is 25.8. The normalized spacial score (nSPS) is 19.5. The number of aryl methyl sites for hydroxylation is 1. The van der Waals surface area contributed by atoms with Crippen molar-refractivity contribution in [3.63, 3.8) is 0 Å². The zero-order chi connectivity index (χ0) is 25.8. The minimum absolute atomic E-state index is 0.533. The number of nitrogens with zero attached hydrogens (tertiary/aromatic N) is 3. The Labute approximate surface area is 218 Å². The van der Waals surface area contributed by atoms with Gasteiger partial charge in [0.1, 0.15) is 17.6 Å². The molecule has 1 aromatic carbocycles. The molecule has 2 saturated heterocycles. The first-order valence-electron chi connectivity index (χ1n) is 13.5. The van der Waals surface area contributed by atoms with Gasteiger partial charge in [-0.25, -0.2) is 9.37 Å². The first-order chi connectivity index (χ1) is 18.0. The van der Waals surface area contributed by atoms with Crippen LogP contribution in [0.3, 0.4) is 0 Å². The quantitative estimate of drug-likeness (QED) is 0.368. The molecule has 37 heavy (non-hydrogen) atoms. The highest BCUT2D eigenvalue weighted by Gasteiger charge is 2.21. The number of likely N-dealkylation sites (tertiary alicyclic amines) is 2. The lowest BCUT2D eigenvalue weighted by molar-refractivity contribution is 0.226. The number of ether oxygens (including phenoxy) is 2. The maximum atomic E-state index is 13.5. The van der Waals surface area contributed by atoms with E-state index in [1.54, 1.807) is 7.11 Å². The number of aromatic nitrogens is 1. The van der Waals surface area contributed by atoms with Gasteiger partial charge in [-0.15, -0.1) is 0 Å². The average molecular weight is 511 g/mol. The van der Waals surface area contributed by atoms with Crippen LogP contribution in [-0.4, -0.2) is 81.0 Å². The van der Waals surface area contributed by atoms with Crippen LogP contribution in [0.2, 0.25) is 0 Å².